The van der Waals surface area contributed by atoms with Crippen LogP contribution in [0.1, 0.15) is 34.0 Å². The van der Waals surface area contributed by atoms with E-state index in [0.29, 0.717) is 13.2 Å². The largest absolute Gasteiger partial charge is 0.376 e. The zero-order valence-electron chi connectivity index (χ0n) is 13.6. The zero-order valence-corrected chi connectivity index (χ0v) is 13.6. The van der Waals surface area contributed by atoms with Gasteiger partial charge in [0.25, 0.3) is 0 Å². The van der Waals surface area contributed by atoms with Crippen molar-refractivity contribution in [1.29, 1.82) is 0 Å². The van der Waals surface area contributed by atoms with Crippen molar-refractivity contribution in [3.05, 3.63) is 64.5 Å². The highest BCUT2D eigenvalue weighted by atomic mass is 16.5. The molecule has 0 bridgehead atoms. The number of hydrogen-bond donors (Lipinski definition) is 1. The second kappa shape index (κ2) is 6.34. The number of amides is 1. The molecule has 0 saturated heterocycles. The quantitative estimate of drug-likeness (QED) is 0.934. The number of ether oxygens (including phenoxy) is 1. The number of rotatable bonds is 3. The van der Waals surface area contributed by atoms with Gasteiger partial charge < -0.3 is 10.5 Å². The first-order chi connectivity index (χ1) is 11.7. The highest BCUT2D eigenvalue weighted by Gasteiger charge is 2.31. The van der Waals surface area contributed by atoms with Crippen molar-refractivity contribution < 1.29 is 9.53 Å². The number of benzene rings is 1. The molecule has 24 heavy (non-hydrogen) atoms. The van der Waals surface area contributed by atoms with E-state index < -0.39 is 0 Å². The van der Waals surface area contributed by atoms with E-state index in [1.165, 1.54) is 5.56 Å². The number of fused-ring (bicyclic) bond motifs is 2. The molecule has 1 atom stereocenters. The number of carbonyl (C=O) groups excluding carboxylic acids is 1. The van der Waals surface area contributed by atoms with Crippen LogP contribution in [0.15, 0.2) is 36.5 Å². The summed E-state index contributed by atoms with van der Waals surface area (Å²) in [5.74, 6) is -0.295. The first-order valence-corrected chi connectivity index (χ1v) is 8.38. The second-order valence-electron chi connectivity index (χ2n) is 6.48. The molecule has 0 fully saturated rings. The van der Waals surface area contributed by atoms with Crippen LogP contribution in [0.25, 0.3) is 0 Å². The Kier molecular flexibility index (Phi) is 4.04. The van der Waals surface area contributed by atoms with Gasteiger partial charge in [-0.15, -0.1) is 0 Å². The number of pyridine rings is 1. The third-order valence-corrected chi connectivity index (χ3v) is 4.90. The summed E-state index contributed by atoms with van der Waals surface area (Å²) in [7, 11) is 0. The van der Waals surface area contributed by atoms with Crippen molar-refractivity contribution >= 4 is 5.91 Å². The number of primary amides is 1. The Labute approximate surface area is 141 Å². The normalized spacial score (nSPS) is 20.2. The minimum Gasteiger partial charge on any atom is -0.376 e. The van der Waals surface area contributed by atoms with Crippen molar-refractivity contribution in [2.75, 3.05) is 13.2 Å². The van der Waals surface area contributed by atoms with Crippen molar-refractivity contribution in [2.24, 2.45) is 5.73 Å². The summed E-state index contributed by atoms with van der Waals surface area (Å²) in [5, 5.41) is 0. The van der Waals surface area contributed by atoms with Crippen LogP contribution in [0.3, 0.4) is 0 Å². The van der Waals surface area contributed by atoms with Gasteiger partial charge in [0.05, 0.1) is 13.2 Å². The van der Waals surface area contributed by atoms with E-state index in [4.69, 9.17) is 10.5 Å². The van der Waals surface area contributed by atoms with E-state index in [9.17, 15) is 4.79 Å². The highest BCUT2D eigenvalue weighted by Crippen LogP contribution is 2.31. The van der Waals surface area contributed by atoms with Crippen LogP contribution in [0, 0.1) is 0 Å². The summed E-state index contributed by atoms with van der Waals surface area (Å²) in [4.78, 5) is 18.8. The van der Waals surface area contributed by atoms with Gasteiger partial charge in [-0.1, -0.05) is 24.3 Å². The molecule has 1 aromatic carbocycles. The van der Waals surface area contributed by atoms with Crippen LogP contribution >= 0.6 is 0 Å². The van der Waals surface area contributed by atoms with E-state index in [1.807, 2.05) is 24.4 Å². The molecule has 1 aromatic heterocycles. The minimum absolute atomic E-state index is 0.295. The summed E-state index contributed by atoms with van der Waals surface area (Å²) >= 11 is 0. The fourth-order valence-electron chi connectivity index (χ4n) is 3.73. The third-order valence-electron chi connectivity index (χ3n) is 4.90. The predicted molar refractivity (Wildman–Crippen MR) is 90.1 cm³/mol. The highest BCUT2D eigenvalue weighted by molar-refractivity contribution is 5.82. The third kappa shape index (κ3) is 2.81. The molecular formula is C19H21N3O2. The standard InChI is InChI=1S/C19H21N3O2/c20-19(23)18-16-4-2-1-3-14(16)5-7-22(18)11-13-9-15-12-24-8-6-17(15)21-10-13/h1-4,9-10,18H,5-8,11-12H2,(H2,20,23). The number of carbonyl (C=O) groups is 1. The van der Waals surface area contributed by atoms with Gasteiger partial charge in [-0.2, -0.15) is 0 Å². The molecule has 0 radical (unpaired) electrons. The Morgan fingerprint density at radius 3 is 3.04 bits per heavy atom. The first-order valence-electron chi connectivity index (χ1n) is 8.38. The summed E-state index contributed by atoms with van der Waals surface area (Å²) < 4.78 is 5.52. The Bertz CT molecular complexity index is 775. The van der Waals surface area contributed by atoms with Gasteiger partial charge in [-0.25, -0.2) is 0 Å². The van der Waals surface area contributed by atoms with Crippen LogP contribution in [0.4, 0.5) is 0 Å². The van der Waals surface area contributed by atoms with Crippen LogP contribution < -0.4 is 5.73 Å². The fraction of sp³-hybridized carbons (Fsp3) is 0.368. The van der Waals surface area contributed by atoms with Gasteiger partial charge in [-0.05, 0) is 34.7 Å². The summed E-state index contributed by atoms with van der Waals surface area (Å²) in [6.45, 7) is 2.85. The Balaban J connectivity index is 1.61. The first kappa shape index (κ1) is 15.3. The van der Waals surface area contributed by atoms with Gasteiger partial charge in [-0.3, -0.25) is 14.7 Å². The average Bonchev–Trinajstić information content (AvgIpc) is 2.61. The molecule has 2 aliphatic rings. The SMILES string of the molecule is NC(=O)C1c2ccccc2CCN1Cc1cnc2c(c1)COCC2. The molecule has 0 aliphatic carbocycles. The average molecular weight is 323 g/mol. The van der Waals surface area contributed by atoms with E-state index >= 15 is 0 Å². The maximum Gasteiger partial charge on any atom is 0.239 e. The molecule has 4 rings (SSSR count). The molecule has 2 aliphatic heterocycles. The van der Waals surface area contributed by atoms with Gasteiger partial charge >= 0.3 is 0 Å². The zero-order chi connectivity index (χ0) is 16.5. The van der Waals surface area contributed by atoms with Gasteiger partial charge in [0, 0.05) is 31.4 Å². The number of aromatic nitrogens is 1. The van der Waals surface area contributed by atoms with Crippen LogP contribution in [-0.2, 0) is 35.5 Å². The molecule has 0 saturated carbocycles. The van der Waals surface area contributed by atoms with E-state index in [2.05, 4.69) is 22.0 Å². The lowest BCUT2D eigenvalue weighted by atomic mass is 9.91. The maximum atomic E-state index is 12.1. The smallest absolute Gasteiger partial charge is 0.239 e. The Morgan fingerprint density at radius 1 is 1.29 bits per heavy atom. The van der Waals surface area contributed by atoms with Gasteiger partial charge in [0.2, 0.25) is 5.91 Å². The molecule has 1 amide bonds. The molecular weight excluding hydrogens is 302 g/mol. The monoisotopic (exact) mass is 323 g/mol. The molecule has 124 valence electrons. The van der Waals surface area contributed by atoms with Crippen molar-refractivity contribution in [3.8, 4) is 0 Å². The lowest BCUT2D eigenvalue weighted by Crippen LogP contribution is -2.42. The molecule has 5 heteroatoms. The number of nitrogens with two attached hydrogens (primary N) is 1. The van der Waals surface area contributed by atoms with Crippen molar-refractivity contribution in [2.45, 2.75) is 32.0 Å². The molecule has 2 aromatic rings. The predicted octanol–water partition coefficient (Wildman–Crippen LogP) is 1.74. The number of hydrogen-bond acceptors (Lipinski definition) is 4. The lowest BCUT2D eigenvalue weighted by molar-refractivity contribution is -0.124. The molecule has 5 nitrogen and oxygen atoms in total. The Morgan fingerprint density at radius 2 is 2.17 bits per heavy atom. The second-order valence-corrected chi connectivity index (χ2v) is 6.48. The molecule has 2 N–H and O–H groups in total. The lowest BCUT2D eigenvalue weighted by Gasteiger charge is -2.35. The summed E-state index contributed by atoms with van der Waals surface area (Å²) in [6.07, 6.45) is 3.72. The van der Waals surface area contributed by atoms with E-state index in [1.54, 1.807) is 0 Å². The fourth-order valence-corrected chi connectivity index (χ4v) is 3.73. The number of nitrogens with zero attached hydrogens (tertiary/aromatic N) is 2. The topological polar surface area (TPSA) is 68.5 Å². The maximum absolute atomic E-state index is 12.1. The van der Waals surface area contributed by atoms with Crippen molar-refractivity contribution in [1.82, 2.24) is 9.88 Å². The van der Waals surface area contributed by atoms with Gasteiger partial charge in [0.1, 0.15) is 6.04 Å². The molecule has 0 spiro atoms. The van der Waals surface area contributed by atoms with Crippen LogP contribution in [0.5, 0.6) is 0 Å². The minimum atomic E-state index is -0.373. The summed E-state index contributed by atoms with van der Waals surface area (Å²) in [5.41, 5.74) is 11.4. The summed E-state index contributed by atoms with van der Waals surface area (Å²) in [6, 6.07) is 9.86. The van der Waals surface area contributed by atoms with Crippen LogP contribution in [0.2, 0.25) is 0 Å². The Hall–Kier alpha value is -2.24. The molecule has 3 heterocycles. The van der Waals surface area contributed by atoms with E-state index in [0.717, 1.165) is 48.4 Å². The van der Waals surface area contributed by atoms with Gasteiger partial charge in [0.15, 0.2) is 0 Å². The van der Waals surface area contributed by atoms with Crippen molar-refractivity contribution in [3.63, 3.8) is 0 Å². The van der Waals surface area contributed by atoms with Crippen LogP contribution in [-0.4, -0.2) is 28.9 Å². The van der Waals surface area contributed by atoms with E-state index in [-0.39, 0.29) is 11.9 Å². The molecule has 1 unspecified atom stereocenters.